The van der Waals surface area contributed by atoms with Crippen molar-refractivity contribution in [1.82, 2.24) is 0 Å². The van der Waals surface area contributed by atoms with E-state index in [0.717, 1.165) is 24.8 Å². The van der Waals surface area contributed by atoms with E-state index in [-0.39, 0.29) is 17.7 Å². The highest BCUT2D eigenvalue weighted by atomic mass is 16.5. The average Bonchev–Trinajstić information content (AvgIpc) is 2.64. The summed E-state index contributed by atoms with van der Waals surface area (Å²) in [5.74, 6) is -2.28. The Hall–Kier alpha value is -2.82. The summed E-state index contributed by atoms with van der Waals surface area (Å²) in [6.07, 6.45) is 3.94. The summed E-state index contributed by atoms with van der Waals surface area (Å²) >= 11 is 0. The standard InChI is InChI=1S/C21H24O5/c1-3-5-7-14-8-10-15(11-9-14)19(23)16-12-13-17(21(25)20(16)24)26-18(22)6-4-2/h8-13,24-25H,3-7H2,1-2H3. The molecule has 0 radical (unpaired) electrons. The summed E-state index contributed by atoms with van der Waals surface area (Å²) in [5.41, 5.74) is 1.52. The number of carbonyl (C=O) groups is 2. The van der Waals surface area contributed by atoms with Gasteiger partial charge in [0.1, 0.15) is 0 Å². The smallest absolute Gasteiger partial charge is 0.311 e. The molecule has 2 N–H and O–H groups in total. The van der Waals surface area contributed by atoms with E-state index < -0.39 is 23.3 Å². The number of benzene rings is 2. The van der Waals surface area contributed by atoms with Crippen LogP contribution in [0.4, 0.5) is 0 Å². The van der Waals surface area contributed by atoms with Crippen molar-refractivity contribution < 1.29 is 24.5 Å². The van der Waals surface area contributed by atoms with Gasteiger partial charge >= 0.3 is 5.97 Å². The molecular formula is C21H24O5. The number of phenols is 2. The van der Waals surface area contributed by atoms with Crippen LogP contribution in [-0.2, 0) is 11.2 Å². The number of ether oxygens (including phenoxy) is 1. The van der Waals surface area contributed by atoms with Gasteiger partial charge in [0.2, 0.25) is 5.75 Å². The number of esters is 1. The van der Waals surface area contributed by atoms with Crippen LogP contribution in [0, 0.1) is 0 Å². The molecule has 0 fully saturated rings. The number of hydrogen-bond donors (Lipinski definition) is 2. The molecule has 138 valence electrons. The fourth-order valence-corrected chi connectivity index (χ4v) is 2.56. The third kappa shape index (κ3) is 4.63. The van der Waals surface area contributed by atoms with Gasteiger partial charge in [-0.3, -0.25) is 9.59 Å². The maximum atomic E-state index is 12.6. The van der Waals surface area contributed by atoms with Crippen LogP contribution in [-0.4, -0.2) is 22.0 Å². The van der Waals surface area contributed by atoms with Crippen LogP contribution in [0.3, 0.4) is 0 Å². The molecule has 0 heterocycles. The van der Waals surface area contributed by atoms with Gasteiger partial charge in [-0.25, -0.2) is 0 Å². The van der Waals surface area contributed by atoms with Crippen LogP contribution in [0.2, 0.25) is 0 Å². The van der Waals surface area contributed by atoms with E-state index in [1.807, 2.05) is 19.1 Å². The number of unbranched alkanes of at least 4 members (excludes halogenated alkanes) is 1. The maximum Gasteiger partial charge on any atom is 0.311 e. The zero-order valence-corrected chi connectivity index (χ0v) is 15.1. The number of carbonyl (C=O) groups excluding carboxylic acids is 2. The lowest BCUT2D eigenvalue weighted by atomic mass is 9.99. The summed E-state index contributed by atoms with van der Waals surface area (Å²) in [4.78, 5) is 24.1. The Kier molecular flexibility index (Phi) is 6.78. The van der Waals surface area contributed by atoms with Gasteiger partial charge in [-0.15, -0.1) is 0 Å². The van der Waals surface area contributed by atoms with E-state index in [0.29, 0.717) is 12.0 Å². The highest BCUT2D eigenvalue weighted by Crippen LogP contribution is 2.39. The quantitative estimate of drug-likeness (QED) is 0.317. The zero-order chi connectivity index (χ0) is 19.1. The second kappa shape index (κ2) is 9.04. The first kappa shape index (κ1) is 19.5. The van der Waals surface area contributed by atoms with Crippen molar-refractivity contribution in [3.8, 4) is 17.2 Å². The molecule has 26 heavy (non-hydrogen) atoms. The fourth-order valence-electron chi connectivity index (χ4n) is 2.56. The van der Waals surface area contributed by atoms with Gasteiger partial charge in [-0.1, -0.05) is 44.5 Å². The Morgan fingerprint density at radius 2 is 1.62 bits per heavy atom. The van der Waals surface area contributed by atoms with Crippen LogP contribution in [0.1, 0.15) is 61.0 Å². The molecule has 0 aliphatic heterocycles. The molecule has 0 aromatic heterocycles. The third-order valence-corrected chi connectivity index (χ3v) is 4.07. The van der Waals surface area contributed by atoms with E-state index in [2.05, 4.69) is 6.92 Å². The molecular weight excluding hydrogens is 332 g/mol. The van der Waals surface area contributed by atoms with E-state index in [4.69, 9.17) is 4.74 Å². The van der Waals surface area contributed by atoms with Gasteiger partial charge < -0.3 is 14.9 Å². The van der Waals surface area contributed by atoms with Gasteiger partial charge in [-0.2, -0.15) is 0 Å². The highest BCUT2D eigenvalue weighted by molar-refractivity contribution is 6.11. The molecule has 5 heteroatoms. The van der Waals surface area contributed by atoms with Gasteiger partial charge in [0.25, 0.3) is 0 Å². The normalized spacial score (nSPS) is 10.5. The molecule has 2 rings (SSSR count). The number of ketones is 1. The Morgan fingerprint density at radius 3 is 2.23 bits per heavy atom. The van der Waals surface area contributed by atoms with Gasteiger partial charge in [0.15, 0.2) is 17.3 Å². The summed E-state index contributed by atoms with van der Waals surface area (Å²) in [7, 11) is 0. The third-order valence-electron chi connectivity index (χ3n) is 4.07. The molecule has 5 nitrogen and oxygen atoms in total. The molecule has 0 unspecified atom stereocenters. The molecule has 2 aromatic rings. The van der Waals surface area contributed by atoms with Gasteiger partial charge in [0.05, 0.1) is 5.56 Å². The lowest BCUT2D eigenvalue weighted by Gasteiger charge is -2.10. The van der Waals surface area contributed by atoms with E-state index in [1.165, 1.54) is 12.1 Å². The second-order valence-electron chi connectivity index (χ2n) is 6.16. The van der Waals surface area contributed by atoms with Crippen LogP contribution in [0.5, 0.6) is 17.2 Å². The second-order valence-corrected chi connectivity index (χ2v) is 6.16. The number of phenolic OH excluding ortho intramolecular Hbond substituents is 2. The monoisotopic (exact) mass is 356 g/mol. The minimum absolute atomic E-state index is 0.0425. The summed E-state index contributed by atoms with van der Waals surface area (Å²) in [6.45, 7) is 3.95. The minimum atomic E-state index is -0.611. The van der Waals surface area contributed by atoms with Crippen molar-refractivity contribution in [3.05, 3.63) is 53.1 Å². The minimum Gasteiger partial charge on any atom is -0.504 e. The number of aromatic hydroxyl groups is 2. The summed E-state index contributed by atoms with van der Waals surface area (Å²) < 4.78 is 5.00. The molecule has 0 bridgehead atoms. The van der Waals surface area contributed by atoms with Crippen LogP contribution < -0.4 is 4.74 Å². The number of rotatable bonds is 8. The lowest BCUT2D eigenvalue weighted by molar-refractivity contribution is -0.134. The van der Waals surface area contributed by atoms with Crippen molar-refractivity contribution >= 4 is 11.8 Å². The largest absolute Gasteiger partial charge is 0.504 e. The van der Waals surface area contributed by atoms with E-state index in [9.17, 15) is 19.8 Å². The van der Waals surface area contributed by atoms with E-state index in [1.54, 1.807) is 12.1 Å². The molecule has 0 amide bonds. The fraction of sp³-hybridized carbons (Fsp3) is 0.333. The first-order valence-corrected chi connectivity index (χ1v) is 8.87. The van der Waals surface area contributed by atoms with Crippen molar-refractivity contribution in [2.24, 2.45) is 0 Å². The molecule has 0 atom stereocenters. The Bertz CT molecular complexity index is 778. The predicted molar refractivity (Wildman–Crippen MR) is 98.8 cm³/mol. The Morgan fingerprint density at radius 1 is 0.923 bits per heavy atom. The SMILES string of the molecule is CCCCc1ccc(C(=O)c2ccc(OC(=O)CCC)c(O)c2O)cc1. The van der Waals surface area contributed by atoms with Crippen molar-refractivity contribution in [2.45, 2.75) is 46.0 Å². The van der Waals surface area contributed by atoms with Gasteiger partial charge in [-0.05, 0) is 37.0 Å². The molecule has 2 aromatic carbocycles. The summed E-state index contributed by atoms with van der Waals surface area (Å²) in [5, 5.41) is 20.2. The highest BCUT2D eigenvalue weighted by Gasteiger charge is 2.20. The van der Waals surface area contributed by atoms with Crippen LogP contribution in [0.15, 0.2) is 36.4 Å². The zero-order valence-electron chi connectivity index (χ0n) is 15.1. The Labute approximate surface area is 153 Å². The van der Waals surface area contributed by atoms with Crippen LogP contribution >= 0.6 is 0 Å². The van der Waals surface area contributed by atoms with Crippen molar-refractivity contribution in [2.75, 3.05) is 0 Å². The molecule has 0 saturated carbocycles. The molecule has 0 aliphatic rings. The topological polar surface area (TPSA) is 83.8 Å². The van der Waals surface area contributed by atoms with Crippen molar-refractivity contribution in [3.63, 3.8) is 0 Å². The Balaban J connectivity index is 2.21. The van der Waals surface area contributed by atoms with Gasteiger partial charge in [0, 0.05) is 12.0 Å². The van der Waals surface area contributed by atoms with Crippen molar-refractivity contribution in [1.29, 1.82) is 0 Å². The average molecular weight is 356 g/mol. The lowest BCUT2D eigenvalue weighted by Crippen LogP contribution is -2.08. The van der Waals surface area contributed by atoms with E-state index >= 15 is 0 Å². The van der Waals surface area contributed by atoms with Crippen LogP contribution in [0.25, 0.3) is 0 Å². The molecule has 0 saturated heterocycles. The summed E-state index contributed by atoms with van der Waals surface area (Å²) in [6, 6.07) is 9.85. The number of hydrogen-bond acceptors (Lipinski definition) is 5. The number of aryl methyl sites for hydroxylation is 1. The molecule has 0 aliphatic carbocycles. The maximum absolute atomic E-state index is 12.6. The first-order chi connectivity index (χ1) is 12.5. The first-order valence-electron chi connectivity index (χ1n) is 8.87. The predicted octanol–water partition coefficient (Wildman–Crippen LogP) is 4.38. The molecule has 0 spiro atoms.